The number of carboxylic acid groups (broad SMARTS) is 1. The number of aliphatic carboxylic acids is 1. The number of terminal acetylenes is 2. The molecule has 314 valence electrons. The summed E-state index contributed by atoms with van der Waals surface area (Å²) in [7, 11) is -4.25. The molecular weight excluding hydrogens is 828 g/mol. The van der Waals surface area contributed by atoms with Gasteiger partial charge in [-0.1, -0.05) is 25.0 Å². The van der Waals surface area contributed by atoms with E-state index < -0.39 is 48.9 Å². The zero-order valence-corrected chi connectivity index (χ0v) is 32.4. The average molecular weight is 861 g/mol. The molecule has 0 unspecified atom stereocenters. The maximum absolute atomic E-state index is 13.8. The van der Waals surface area contributed by atoms with E-state index in [0.717, 1.165) is 6.07 Å². The lowest BCUT2D eigenvalue weighted by Gasteiger charge is -2.15. The van der Waals surface area contributed by atoms with Crippen LogP contribution in [0.5, 0.6) is 0 Å². The fraction of sp³-hybridized carbons (Fsp3) is 0.179. The van der Waals surface area contributed by atoms with E-state index >= 15 is 0 Å². The number of Topliss-reactive ketones (excluding diaryl/α,β-unsaturated/α-hetero) is 1. The third-order valence-corrected chi connectivity index (χ3v) is 9.42. The molecule has 0 saturated heterocycles. The minimum Gasteiger partial charge on any atom is -0.481 e. The second-order valence-electron chi connectivity index (χ2n) is 12.6. The standard InChI is InChI=1S/C39H32F3N8O10P/c1-4-58-61(57,59-5-2)60-21-23-6-11-27(12-7-23)46-36(55)29-15-10-25(39(40,41)42)18-31(29)48-38-49-34-33(37(56)50-38)45-28(20-44-34)19-43-26-13-8-24(9-14-26)35(54)47-30(22(3)51)16-17-32(52)53/h1-2,6-15,18,20,30,43H,16-17,19,21H2,3H3,(H,46,55)(H,47,54)(H,52,53)(H2,44,48,49,50,56)/t30-/m0/s1. The van der Waals surface area contributed by atoms with Crippen molar-refractivity contribution in [3.05, 3.63) is 111 Å². The highest BCUT2D eigenvalue weighted by molar-refractivity contribution is 7.48. The summed E-state index contributed by atoms with van der Waals surface area (Å²) in [6, 6.07) is 13.2. The predicted molar refractivity (Wildman–Crippen MR) is 212 cm³/mol. The van der Waals surface area contributed by atoms with Gasteiger partial charge in [-0.15, -0.1) is 0 Å². The molecule has 0 bridgehead atoms. The molecule has 1 atom stereocenters. The number of H-pyrrole nitrogens is 1. The Hall–Kier alpha value is -7.74. The number of carboxylic acids is 1. The number of aromatic amines is 1. The summed E-state index contributed by atoms with van der Waals surface area (Å²) in [4.78, 5) is 76.9. The highest BCUT2D eigenvalue weighted by atomic mass is 31.2. The lowest BCUT2D eigenvalue weighted by molar-refractivity contribution is -0.138. The molecule has 2 amide bonds. The Bertz CT molecular complexity index is 2640. The zero-order chi connectivity index (χ0) is 44.3. The molecule has 0 aliphatic carbocycles. The summed E-state index contributed by atoms with van der Waals surface area (Å²) < 4.78 is 67.6. The Kier molecular flexibility index (Phi) is 14.1. The summed E-state index contributed by atoms with van der Waals surface area (Å²) >= 11 is 0. The second kappa shape index (κ2) is 19.3. The van der Waals surface area contributed by atoms with E-state index in [4.69, 9.17) is 22.5 Å². The van der Waals surface area contributed by atoms with Crippen LogP contribution in [0.15, 0.2) is 77.7 Å². The van der Waals surface area contributed by atoms with E-state index in [0.29, 0.717) is 29.1 Å². The summed E-state index contributed by atoms with van der Waals surface area (Å²) in [6.45, 7) is 0.979. The molecule has 6 N–H and O–H groups in total. The molecule has 0 fully saturated rings. The quantitative estimate of drug-likeness (QED) is 0.0454. The number of amides is 2. The molecule has 5 rings (SSSR count). The van der Waals surface area contributed by atoms with Gasteiger partial charge in [0.1, 0.15) is 12.2 Å². The van der Waals surface area contributed by atoms with Crippen LogP contribution in [0, 0.1) is 25.1 Å². The van der Waals surface area contributed by atoms with Gasteiger partial charge in [0.05, 0.1) is 47.9 Å². The first kappa shape index (κ1) is 44.4. The van der Waals surface area contributed by atoms with Crippen LogP contribution in [0.25, 0.3) is 11.2 Å². The first-order valence-corrected chi connectivity index (χ1v) is 19.0. The number of halogens is 3. The van der Waals surface area contributed by atoms with Gasteiger partial charge in [-0.2, -0.15) is 18.2 Å². The number of phosphoric acid groups is 1. The summed E-state index contributed by atoms with van der Waals surface area (Å²) in [6.07, 6.45) is 9.46. The van der Waals surface area contributed by atoms with Crippen molar-refractivity contribution in [3.8, 4) is 25.1 Å². The summed E-state index contributed by atoms with van der Waals surface area (Å²) in [5, 5.41) is 19.6. The largest absolute Gasteiger partial charge is 0.605 e. The number of hydrogen-bond donors (Lipinski definition) is 6. The number of hydrogen-bond acceptors (Lipinski definition) is 14. The number of aromatic nitrogens is 4. The lowest BCUT2D eigenvalue weighted by atomic mass is 10.1. The van der Waals surface area contributed by atoms with Crippen molar-refractivity contribution in [1.29, 1.82) is 0 Å². The summed E-state index contributed by atoms with van der Waals surface area (Å²) in [5.41, 5.74) is -1.26. The van der Waals surface area contributed by atoms with Gasteiger partial charge in [0, 0.05) is 23.4 Å². The molecule has 2 heterocycles. The Morgan fingerprint density at radius 3 is 2.25 bits per heavy atom. The molecule has 2 aromatic heterocycles. The van der Waals surface area contributed by atoms with Crippen molar-refractivity contribution in [2.45, 2.75) is 45.1 Å². The van der Waals surface area contributed by atoms with Gasteiger partial charge in [-0.05, 0) is 73.5 Å². The van der Waals surface area contributed by atoms with Crippen LogP contribution < -0.4 is 26.8 Å². The average Bonchev–Trinajstić information content (AvgIpc) is 3.21. The minimum atomic E-state index is -4.80. The fourth-order valence-corrected chi connectivity index (χ4v) is 6.02. The van der Waals surface area contributed by atoms with Gasteiger partial charge in [0.15, 0.2) is 16.9 Å². The van der Waals surface area contributed by atoms with E-state index in [1.54, 1.807) is 24.3 Å². The van der Waals surface area contributed by atoms with Gasteiger partial charge >= 0.3 is 25.5 Å². The molecule has 0 radical (unpaired) electrons. The molecule has 22 heteroatoms. The van der Waals surface area contributed by atoms with Crippen LogP contribution >= 0.6 is 7.82 Å². The maximum Gasteiger partial charge on any atom is 0.605 e. The Morgan fingerprint density at radius 2 is 1.62 bits per heavy atom. The number of nitrogens with one attached hydrogen (secondary N) is 5. The van der Waals surface area contributed by atoms with Crippen molar-refractivity contribution >= 4 is 65.6 Å². The maximum atomic E-state index is 13.8. The molecule has 3 aromatic carbocycles. The van der Waals surface area contributed by atoms with E-state index in [9.17, 15) is 41.7 Å². The fourth-order valence-electron chi connectivity index (χ4n) is 5.31. The van der Waals surface area contributed by atoms with Crippen LogP contribution in [-0.2, 0) is 47.1 Å². The number of nitrogens with zero attached hydrogens (tertiary/aromatic N) is 3. The Balaban J connectivity index is 1.27. The lowest BCUT2D eigenvalue weighted by Crippen LogP contribution is -2.40. The predicted octanol–water partition coefficient (Wildman–Crippen LogP) is 5.73. The van der Waals surface area contributed by atoms with E-state index in [2.05, 4.69) is 50.3 Å². The van der Waals surface area contributed by atoms with Gasteiger partial charge in [0.25, 0.3) is 11.8 Å². The number of carbonyl (C=O) groups excluding carboxylic acids is 3. The number of alkyl halides is 3. The van der Waals surface area contributed by atoms with Gasteiger partial charge < -0.3 is 40.4 Å². The number of benzene rings is 3. The number of carbonyl (C=O) groups is 4. The highest BCUT2D eigenvalue weighted by Crippen LogP contribution is 2.49. The first-order chi connectivity index (χ1) is 29.0. The smallest absolute Gasteiger partial charge is 0.481 e. The van der Waals surface area contributed by atoms with Crippen LogP contribution in [0.1, 0.15) is 57.3 Å². The van der Waals surface area contributed by atoms with Crippen LogP contribution in [0.3, 0.4) is 0 Å². The van der Waals surface area contributed by atoms with Crippen molar-refractivity contribution < 1.29 is 55.6 Å². The van der Waals surface area contributed by atoms with Crippen LogP contribution in [0.2, 0.25) is 0 Å². The van der Waals surface area contributed by atoms with Crippen LogP contribution in [-0.4, -0.2) is 54.7 Å². The number of rotatable bonds is 18. The molecule has 18 nitrogen and oxygen atoms in total. The van der Waals surface area contributed by atoms with E-state index in [1.165, 1.54) is 49.5 Å². The summed E-state index contributed by atoms with van der Waals surface area (Å²) in [5.74, 6) is -3.25. The number of fused-ring (bicyclic) bond motifs is 1. The van der Waals surface area contributed by atoms with Crippen molar-refractivity contribution in [3.63, 3.8) is 0 Å². The second-order valence-corrected chi connectivity index (χ2v) is 14.1. The van der Waals surface area contributed by atoms with E-state index in [1.807, 2.05) is 0 Å². The van der Waals surface area contributed by atoms with Gasteiger partial charge in [0.2, 0.25) is 5.95 Å². The zero-order valence-electron chi connectivity index (χ0n) is 31.5. The SMILES string of the molecule is C#COP(=O)(OC#C)OCc1ccc(NC(=O)c2ccc(C(F)(F)F)cc2Nc2nc(=O)c3nc(CNc4ccc(C(=O)N[C@@H](CCC(=O)O)C(C)=O)cc4)cnc3[nH]2)cc1. The molecule has 0 aliphatic heterocycles. The number of anilines is 4. The van der Waals surface area contributed by atoms with Crippen LogP contribution in [0.4, 0.5) is 36.2 Å². The topological polar surface area (TPSA) is 253 Å². The van der Waals surface area contributed by atoms with Gasteiger partial charge in [-0.3, -0.25) is 28.5 Å². The monoisotopic (exact) mass is 860 g/mol. The minimum absolute atomic E-state index is 0.0553. The van der Waals surface area contributed by atoms with Gasteiger partial charge in [-0.25, -0.2) is 14.5 Å². The molecule has 0 saturated carbocycles. The molecule has 0 aliphatic rings. The number of ketones is 1. The molecule has 0 spiro atoms. The Morgan fingerprint density at radius 1 is 0.951 bits per heavy atom. The number of phosphoric ester groups is 1. The Labute approximate surface area is 343 Å². The van der Waals surface area contributed by atoms with Crippen molar-refractivity contribution in [1.82, 2.24) is 25.3 Å². The molecule has 61 heavy (non-hydrogen) atoms. The van der Waals surface area contributed by atoms with Crippen molar-refractivity contribution in [2.75, 3.05) is 16.0 Å². The third kappa shape index (κ3) is 12.1. The normalized spacial score (nSPS) is 11.6. The highest BCUT2D eigenvalue weighted by Gasteiger charge is 2.32. The van der Waals surface area contributed by atoms with Crippen molar-refractivity contribution in [2.24, 2.45) is 0 Å². The first-order valence-electron chi connectivity index (χ1n) is 17.5. The third-order valence-electron chi connectivity index (χ3n) is 8.31. The molecule has 5 aromatic rings. The van der Waals surface area contributed by atoms with E-state index in [-0.39, 0.29) is 71.4 Å². The molecular formula is C39H32F3N8O10P.